The number of rotatable bonds is 3. The van der Waals surface area contributed by atoms with Gasteiger partial charge in [0.2, 0.25) is 10.0 Å². The normalized spacial score (nSPS) is 11.3. The number of hydrogen-bond donors (Lipinski definition) is 2. The first-order valence-electron chi connectivity index (χ1n) is 5.10. The minimum atomic E-state index is -3.55. The van der Waals surface area contributed by atoms with Crippen LogP contribution in [0.1, 0.15) is 21.5 Å². The van der Waals surface area contributed by atoms with Gasteiger partial charge >= 0.3 is 0 Å². The average molecular weight is 256 g/mol. The molecule has 1 amide bonds. The van der Waals surface area contributed by atoms with Gasteiger partial charge in [-0.15, -0.1) is 0 Å². The van der Waals surface area contributed by atoms with Crippen molar-refractivity contribution in [3.8, 4) is 0 Å². The van der Waals surface area contributed by atoms with Crippen LogP contribution in [0.3, 0.4) is 0 Å². The highest BCUT2D eigenvalue weighted by Gasteiger charge is 2.18. The summed E-state index contributed by atoms with van der Waals surface area (Å²) in [4.78, 5) is 11.7. The van der Waals surface area contributed by atoms with E-state index >= 15 is 0 Å². The molecule has 0 atom stereocenters. The van der Waals surface area contributed by atoms with Crippen LogP contribution in [0.15, 0.2) is 17.0 Å². The number of carbonyl (C=O) groups excluding carboxylic acids is 1. The molecule has 0 unspecified atom stereocenters. The van der Waals surface area contributed by atoms with Crippen molar-refractivity contribution < 1.29 is 13.2 Å². The van der Waals surface area contributed by atoms with E-state index in [0.717, 1.165) is 5.56 Å². The van der Waals surface area contributed by atoms with Crippen LogP contribution in [0.5, 0.6) is 0 Å². The Balaban J connectivity index is 3.51. The largest absolute Gasteiger partial charge is 0.355 e. The van der Waals surface area contributed by atoms with Gasteiger partial charge in [0.25, 0.3) is 5.91 Å². The molecule has 0 fully saturated rings. The van der Waals surface area contributed by atoms with Crippen LogP contribution < -0.4 is 10.0 Å². The van der Waals surface area contributed by atoms with Gasteiger partial charge in [0.1, 0.15) is 0 Å². The first kappa shape index (κ1) is 13.7. The standard InChI is InChI=1S/C11H16N2O3S/c1-7-5-9(11(14)12-3)6-10(8(7)2)17(15,16)13-4/h5-6,13H,1-4H3,(H,12,14). The van der Waals surface area contributed by atoms with Crippen molar-refractivity contribution in [3.05, 3.63) is 28.8 Å². The summed E-state index contributed by atoms with van der Waals surface area (Å²) in [7, 11) is -0.698. The minimum absolute atomic E-state index is 0.138. The second kappa shape index (κ2) is 4.85. The SMILES string of the molecule is CNC(=O)c1cc(C)c(C)c(S(=O)(=O)NC)c1. The first-order chi connectivity index (χ1) is 7.83. The molecule has 0 heterocycles. The van der Waals surface area contributed by atoms with Crippen LogP contribution in [-0.2, 0) is 10.0 Å². The predicted octanol–water partition coefficient (Wildman–Crippen LogP) is 0.571. The van der Waals surface area contributed by atoms with E-state index in [2.05, 4.69) is 10.0 Å². The Kier molecular flexibility index (Phi) is 3.90. The number of aryl methyl sites for hydroxylation is 1. The van der Waals surface area contributed by atoms with E-state index in [1.165, 1.54) is 20.2 Å². The fraction of sp³-hybridized carbons (Fsp3) is 0.364. The molecule has 94 valence electrons. The molecule has 0 bridgehead atoms. The molecular weight excluding hydrogens is 240 g/mol. The lowest BCUT2D eigenvalue weighted by Crippen LogP contribution is -2.22. The Labute approximate surface area is 101 Å². The summed E-state index contributed by atoms with van der Waals surface area (Å²) < 4.78 is 25.8. The summed E-state index contributed by atoms with van der Waals surface area (Å²) in [6.45, 7) is 3.49. The Morgan fingerprint density at radius 2 is 1.76 bits per heavy atom. The number of benzene rings is 1. The van der Waals surface area contributed by atoms with Crippen LogP contribution in [0, 0.1) is 13.8 Å². The summed E-state index contributed by atoms with van der Waals surface area (Å²) in [5.41, 5.74) is 1.75. The van der Waals surface area contributed by atoms with E-state index in [1.807, 2.05) is 0 Å². The number of nitrogens with one attached hydrogen (secondary N) is 2. The Morgan fingerprint density at radius 3 is 2.24 bits per heavy atom. The van der Waals surface area contributed by atoms with Crippen LogP contribution in [0.4, 0.5) is 0 Å². The summed E-state index contributed by atoms with van der Waals surface area (Å²) in [5, 5.41) is 2.47. The van der Waals surface area contributed by atoms with Crippen molar-refractivity contribution in [2.45, 2.75) is 18.7 Å². The van der Waals surface area contributed by atoms with Gasteiger partial charge in [0, 0.05) is 12.6 Å². The molecule has 0 aliphatic carbocycles. The van der Waals surface area contributed by atoms with Gasteiger partial charge in [-0.05, 0) is 44.2 Å². The third-order valence-corrected chi connectivity index (χ3v) is 4.21. The van der Waals surface area contributed by atoms with Crippen molar-refractivity contribution in [1.82, 2.24) is 10.0 Å². The molecule has 0 radical (unpaired) electrons. The molecule has 17 heavy (non-hydrogen) atoms. The highest BCUT2D eigenvalue weighted by atomic mass is 32.2. The van der Waals surface area contributed by atoms with Crippen molar-refractivity contribution in [3.63, 3.8) is 0 Å². The highest BCUT2D eigenvalue weighted by molar-refractivity contribution is 7.89. The van der Waals surface area contributed by atoms with Crippen LogP contribution in [-0.4, -0.2) is 28.4 Å². The molecule has 2 N–H and O–H groups in total. The summed E-state index contributed by atoms with van der Waals surface area (Å²) >= 11 is 0. The number of carbonyl (C=O) groups is 1. The monoisotopic (exact) mass is 256 g/mol. The lowest BCUT2D eigenvalue weighted by molar-refractivity contribution is 0.0963. The molecule has 0 aromatic heterocycles. The Hall–Kier alpha value is -1.40. The van der Waals surface area contributed by atoms with Crippen molar-refractivity contribution in [2.75, 3.05) is 14.1 Å². The van der Waals surface area contributed by atoms with E-state index in [4.69, 9.17) is 0 Å². The first-order valence-corrected chi connectivity index (χ1v) is 6.58. The van der Waals surface area contributed by atoms with Gasteiger partial charge in [-0.2, -0.15) is 0 Å². The molecule has 0 saturated carbocycles. The lowest BCUT2D eigenvalue weighted by Gasteiger charge is -2.11. The predicted molar refractivity (Wildman–Crippen MR) is 65.6 cm³/mol. The van der Waals surface area contributed by atoms with E-state index in [-0.39, 0.29) is 10.8 Å². The second-order valence-corrected chi connectivity index (χ2v) is 5.56. The van der Waals surface area contributed by atoms with Gasteiger partial charge < -0.3 is 5.32 Å². The van der Waals surface area contributed by atoms with E-state index in [1.54, 1.807) is 19.9 Å². The summed E-state index contributed by atoms with van der Waals surface area (Å²) in [5.74, 6) is -0.305. The fourth-order valence-corrected chi connectivity index (χ4v) is 2.56. The maximum atomic E-state index is 11.8. The lowest BCUT2D eigenvalue weighted by atomic mass is 10.1. The van der Waals surface area contributed by atoms with Gasteiger partial charge in [0.05, 0.1) is 4.90 Å². The second-order valence-electron chi connectivity index (χ2n) is 3.70. The van der Waals surface area contributed by atoms with Crippen LogP contribution in [0.2, 0.25) is 0 Å². The zero-order chi connectivity index (χ0) is 13.2. The van der Waals surface area contributed by atoms with Crippen molar-refractivity contribution >= 4 is 15.9 Å². The van der Waals surface area contributed by atoms with Crippen molar-refractivity contribution in [2.24, 2.45) is 0 Å². The third-order valence-electron chi connectivity index (χ3n) is 2.67. The topological polar surface area (TPSA) is 75.3 Å². The maximum absolute atomic E-state index is 11.8. The van der Waals surface area contributed by atoms with Crippen LogP contribution in [0.25, 0.3) is 0 Å². The molecule has 1 rings (SSSR count). The van der Waals surface area contributed by atoms with Crippen LogP contribution >= 0.6 is 0 Å². The zero-order valence-electron chi connectivity index (χ0n) is 10.3. The number of hydrogen-bond acceptors (Lipinski definition) is 3. The number of sulfonamides is 1. The van der Waals surface area contributed by atoms with Crippen molar-refractivity contribution in [1.29, 1.82) is 0 Å². The van der Waals surface area contributed by atoms with Gasteiger partial charge in [0.15, 0.2) is 0 Å². The van der Waals surface area contributed by atoms with E-state index < -0.39 is 10.0 Å². The zero-order valence-corrected chi connectivity index (χ0v) is 11.1. The molecule has 0 aliphatic rings. The summed E-state index contributed by atoms with van der Waals surface area (Å²) in [6, 6.07) is 3.05. The van der Waals surface area contributed by atoms with E-state index in [9.17, 15) is 13.2 Å². The van der Waals surface area contributed by atoms with Gasteiger partial charge in [-0.3, -0.25) is 4.79 Å². The smallest absolute Gasteiger partial charge is 0.251 e. The molecule has 6 heteroatoms. The number of amides is 1. The average Bonchev–Trinajstić information content (AvgIpc) is 2.31. The Bertz CT molecular complexity index is 550. The summed E-state index contributed by atoms with van der Waals surface area (Å²) in [6.07, 6.45) is 0. The molecule has 5 nitrogen and oxygen atoms in total. The molecule has 0 spiro atoms. The fourth-order valence-electron chi connectivity index (χ4n) is 1.49. The van der Waals surface area contributed by atoms with Gasteiger partial charge in [-0.1, -0.05) is 0 Å². The van der Waals surface area contributed by atoms with Gasteiger partial charge in [-0.25, -0.2) is 13.1 Å². The quantitative estimate of drug-likeness (QED) is 0.830. The Morgan fingerprint density at radius 1 is 1.18 bits per heavy atom. The molecule has 1 aromatic carbocycles. The molecule has 0 saturated heterocycles. The minimum Gasteiger partial charge on any atom is -0.355 e. The maximum Gasteiger partial charge on any atom is 0.251 e. The molecule has 0 aliphatic heterocycles. The molecule has 1 aromatic rings. The van der Waals surface area contributed by atoms with E-state index in [0.29, 0.717) is 11.1 Å². The third kappa shape index (κ3) is 2.65. The molecular formula is C11H16N2O3S. The highest BCUT2D eigenvalue weighted by Crippen LogP contribution is 2.20.